The van der Waals surface area contributed by atoms with Crippen LogP contribution < -0.4 is 15.5 Å². The zero-order valence-corrected chi connectivity index (χ0v) is 16.1. The van der Waals surface area contributed by atoms with Crippen molar-refractivity contribution < 1.29 is 9.53 Å². The molecular formula is C20H17N3O2S2. The minimum absolute atomic E-state index is 0.361. The normalized spacial score (nSPS) is 10.6. The Labute approximate surface area is 166 Å². The van der Waals surface area contributed by atoms with E-state index >= 15 is 0 Å². The van der Waals surface area contributed by atoms with Crippen molar-refractivity contribution in [2.24, 2.45) is 5.10 Å². The molecule has 0 aliphatic rings. The number of aryl methyl sites for hydroxylation is 1. The van der Waals surface area contributed by atoms with Gasteiger partial charge in [0.05, 0.1) is 6.21 Å². The zero-order chi connectivity index (χ0) is 19.1. The maximum absolute atomic E-state index is 11.9. The lowest BCUT2D eigenvalue weighted by atomic mass is 10.2. The maximum atomic E-state index is 11.9. The molecular weight excluding hydrogens is 378 g/mol. The number of anilines is 1. The fraction of sp³-hybridized carbons (Fsp3) is 0.0500. The van der Waals surface area contributed by atoms with Gasteiger partial charge in [0, 0.05) is 5.69 Å². The molecule has 0 aliphatic carbocycles. The SMILES string of the molecule is Cc1cccc(NC(=S)N/N=C/c2ccc(OC(=O)c3cccs3)cc2)c1. The van der Waals surface area contributed by atoms with Gasteiger partial charge in [-0.15, -0.1) is 11.3 Å². The Morgan fingerprint density at radius 3 is 2.67 bits per heavy atom. The van der Waals surface area contributed by atoms with Gasteiger partial charge >= 0.3 is 5.97 Å². The van der Waals surface area contributed by atoms with Crippen LogP contribution in [0.1, 0.15) is 20.8 Å². The smallest absolute Gasteiger partial charge is 0.353 e. The van der Waals surface area contributed by atoms with Crippen LogP contribution in [0.3, 0.4) is 0 Å². The second-order valence-electron chi connectivity index (χ2n) is 5.63. The van der Waals surface area contributed by atoms with Crippen LogP contribution in [0.4, 0.5) is 5.69 Å². The quantitative estimate of drug-likeness (QED) is 0.217. The molecule has 0 atom stereocenters. The highest BCUT2D eigenvalue weighted by molar-refractivity contribution is 7.80. The summed E-state index contributed by atoms with van der Waals surface area (Å²) in [5, 5.41) is 9.41. The van der Waals surface area contributed by atoms with Gasteiger partial charge in [0.25, 0.3) is 0 Å². The van der Waals surface area contributed by atoms with E-state index in [1.165, 1.54) is 11.3 Å². The Bertz CT molecular complexity index is 952. The monoisotopic (exact) mass is 395 g/mol. The molecule has 2 aromatic carbocycles. The fourth-order valence-corrected chi connectivity index (χ4v) is 2.99. The predicted molar refractivity (Wildman–Crippen MR) is 114 cm³/mol. The molecule has 27 heavy (non-hydrogen) atoms. The molecule has 136 valence electrons. The van der Waals surface area contributed by atoms with E-state index < -0.39 is 0 Å². The molecule has 1 aromatic heterocycles. The molecule has 0 fully saturated rings. The number of carbonyl (C=O) groups is 1. The lowest BCUT2D eigenvalue weighted by molar-refractivity contribution is 0.0740. The van der Waals surface area contributed by atoms with Crippen molar-refractivity contribution in [3.8, 4) is 5.75 Å². The summed E-state index contributed by atoms with van der Waals surface area (Å²) in [6.07, 6.45) is 1.63. The average Bonchev–Trinajstić information content (AvgIpc) is 3.18. The number of ether oxygens (including phenoxy) is 1. The lowest BCUT2D eigenvalue weighted by Gasteiger charge is -2.07. The van der Waals surface area contributed by atoms with Crippen LogP contribution >= 0.6 is 23.6 Å². The summed E-state index contributed by atoms with van der Waals surface area (Å²) in [7, 11) is 0. The summed E-state index contributed by atoms with van der Waals surface area (Å²) in [5.74, 6) is 0.121. The van der Waals surface area contributed by atoms with Gasteiger partial charge in [0.15, 0.2) is 5.11 Å². The molecule has 2 N–H and O–H groups in total. The van der Waals surface area contributed by atoms with E-state index in [0.717, 1.165) is 16.8 Å². The number of hydrogen-bond donors (Lipinski definition) is 2. The highest BCUT2D eigenvalue weighted by Gasteiger charge is 2.08. The second-order valence-corrected chi connectivity index (χ2v) is 6.99. The number of hydrazone groups is 1. The van der Waals surface area contributed by atoms with Crippen molar-refractivity contribution in [3.05, 3.63) is 82.0 Å². The highest BCUT2D eigenvalue weighted by atomic mass is 32.1. The van der Waals surface area contributed by atoms with Crippen molar-refractivity contribution >= 4 is 46.5 Å². The largest absolute Gasteiger partial charge is 0.422 e. The summed E-state index contributed by atoms with van der Waals surface area (Å²) in [5.41, 5.74) is 5.66. The van der Waals surface area contributed by atoms with E-state index in [1.54, 1.807) is 36.5 Å². The maximum Gasteiger partial charge on any atom is 0.353 e. The number of rotatable bonds is 5. The van der Waals surface area contributed by atoms with E-state index in [9.17, 15) is 4.79 Å². The standard InChI is InChI=1S/C20H17N3O2S2/c1-14-4-2-5-16(12-14)22-20(26)23-21-13-15-7-9-17(10-8-15)25-19(24)18-6-3-11-27-18/h2-13H,1H3,(H2,22,23,26)/b21-13+. The molecule has 5 nitrogen and oxygen atoms in total. The summed E-state index contributed by atoms with van der Waals surface area (Å²) >= 11 is 6.56. The number of nitrogens with zero attached hydrogens (tertiary/aromatic N) is 1. The second kappa shape index (κ2) is 9.07. The molecule has 0 unspecified atom stereocenters. The lowest BCUT2D eigenvalue weighted by Crippen LogP contribution is -2.23. The minimum Gasteiger partial charge on any atom is -0.422 e. The van der Waals surface area contributed by atoms with E-state index in [4.69, 9.17) is 17.0 Å². The van der Waals surface area contributed by atoms with Crippen molar-refractivity contribution in [3.63, 3.8) is 0 Å². The van der Waals surface area contributed by atoms with E-state index in [-0.39, 0.29) is 5.97 Å². The molecule has 7 heteroatoms. The summed E-state index contributed by atoms with van der Waals surface area (Å²) in [4.78, 5) is 12.5. The van der Waals surface area contributed by atoms with Gasteiger partial charge in [-0.25, -0.2) is 4.79 Å². The molecule has 3 rings (SSSR count). The Kier molecular flexibility index (Phi) is 6.30. The molecule has 0 saturated carbocycles. The number of esters is 1. The van der Waals surface area contributed by atoms with Crippen molar-refractivity contribution in [1.82, 2.24) is 5.43 Å². The summed E-state index contributed by atoms with van der Waals surface area (Å²) < 4.78 is 5.31. The Hall–Kier alpha value is -3.03. The Morgan fingerprint density at radius 1 is 1.15 bits per heavy atom. The van der Waals surface area contributed by atoms with Gasteiger partial charge in [-0.2, -0.15) is 5.10 Å². The van der Waals surface area contributed by atoms with Crippen molar-refractivity contribution in [2.45, 2.75) is 6.92 Å². The Balaban J connectivity index is 1.50. The number of benzene rings is 2. The van der Waals surface area contributed by atoms with Gasteiger partial charge in [-0.05, 0) is 78.1 Å². The van der Waals surface area contributed by atoms with E-state index in [1.807, 2.05) is 42.6 Å². The summed E-state index contributed by atoms with van der Waals surface area (Å²) in [6.45, 7) is 2.02. The Morgan fingerprint density at radius 2 is 1.96 bits per heavy atom. The first-order chi connectivity index (χ1) is 13.1. The van der Waals surface area contributed by atoms with Crippen LogP contribution in [0.25, 0.3) is 0 Å². The zero-order valence-electron chi connectivity index (χ0n) is 14.5. The molecule has 0 aliphatic heterocycles. The van der Waals surface area contributed by atoms with Gasteiger partial charge in [0.2, 0.25) is 0 Å². The van der Waals surface area contributed by atoms with Crippen LogP contribution in [0, 0.1) is 6.92 Å². The number of carbonyl (C=O) groups excluding carboxylic acids is 1. The topological polar surface area (TPSA) is 62.7 Å². The van der Waals surface area contributed by atoms with Crippen LogP contribution in [0.2, 0.25) is 0 Å². The number of thiophene rings is 1. The van der Waals surface area contributed by atoms with Crippen LogP contribution in [0.15, 0.2) is 71.1 Å². The minimum atomic E-state index is -0.361. The molecule has 3 aromatic rings. The van der Waals surface area contributed by atoms with Crippen molar-refractivity contribution in [1.29, 1.82) is 0 Å². The first kappa shape index (κ1) is 18.8. The van der Waals surface area contributed by atoms with Crippen LogP contribution in [-0.2, 0) is 0 Å². The fourth-order valence-electron chi connectivity index (χ4n) is 2.22. The van der Waals surface area contributed by atoms with Gasteiger partial charge in [-0.1, -0.05) is 18.2 Å². The third kappa shape index (κ3) is 5.73. The third-order valence-electron chi connectivity index (χ3n) is 3.47. The van der Waals surface area contributed by atoms with Gasteiger partial charge in [-0.3, -0.25) is 5.43 Å². The first-order valence-electron chi connectivity index (χ1n) is 8.12. The molecule has 1 heterocycles. The number of nitrogens with one attached hydrogen (secondary N) is 2. The first-order valence-corrected chi connectivity index (χ1v) is 9.41. The van der Waals surface area contributed by atoms with Gasteiger partial charge in [0.1, 0.15) is 10.6 Å². The average molecular weight is 396 g/mol. The molecule has 0 bridgehead atoms. The van der Waals surface area contributed by atoms with E-state index in [0.29, 0.717) is 15.7 Å². The molecule has 0 radical (unpaired) electrons. The van der Waals surface area contributed by atoms with Crippen LogP contribution in [-0.4, -0.2) is 17.3 Å². The van der Waals surface area contributed by atoms with E-state index in [2.05, 4.69) is 15.8 Å². The summed E-state index contributed by atoms with van der Waals surface area (Å²) in [6, 6.07) is 18.5. The number of thiocarbonyl (C=S) groups is 1. The number of hydrogen-bond acceptors (Lipinski definition) is 5. The highest BCUT2D eigenvalue weighted by Crippen LogP contribution is 2.16. The predicted octanol–water partition coefficient (Wildman–Crippen LogP) is 4.60. The van der Waals surface area contributed by atoms with Gasteiger partial charge < -0.3 is 10.1 Å². The molecule has 0 saturated heterocycles. The molecule has 0 spiro atoms. The van der Waals surface area contributed by atoms with Crippen LogP contribution in [0.5, 0.6) is 5.75 Å². The molecule has 0 amide bonds. The third-order valence-corrected chi connectivity index (χ3v) is 4.51. The van der Waals surface area contributed by atoms with Crippen molar-refractivity contribution in [2.75, 3.05) is 5.32 Å².